The molecule has 1 amide bonds. The van der Waals surface area contributed by atoms with Crippen molar-refractivity contribution in [2.45, 2.75) is 25.3 Å². The Morgan fingerprint density at radius 1 is 1.04 bits per heavy atom. The van der Waals surface area contributed by atoms with Crippen LogP contribution in [0.5, 0.6) is 0 Å². The minimum Gasteiger partial charge on any atom is -0.337 e. The lowest BCUT2D eigenvalue weighted by Crippen LogP contribution is -2.41. The zero-order valence-corrected chi connectivity index (χ0v) is 16.7. The number of amides is 1. The van der Waals surface area contributed by atoms with Crippen LogP contribution in [0.2, 0.25) is 0 Å². The normalized spacial score (nSPS) is 25.6. The maximum atomic E-state index is 13.2. The summed E-state index contributed by atoms with van der Waals surface area (Å²) in [5.41, 5.74) is 3.55. The number of carbonyl (C=O) groups excluding carboxylic acids is 1. The summed E-state index contributed by atoms with van der Waals surface area (Å²) in [7, 11) is 2.20. The summed E-state index contributed by atoms with van der Waals surface area (Å²) in [4.78, 5) is 17.8. The molecule has 0 saturated carbocycles. The Hall–Kier alpha value is -2.17. The lowest BCUT2D eigenvalue weighted by molar-refractivity contribution is 0.0743. The quantitative estimate of drug-likeness (QED) is 0.874. The number of fused-ring (bicyclic) bond motifs is 5. The van der Waals surface area contributed by atoms with Gasteiger partial charge in [-0.05, 0) is 78.9 Å². The molecular weight excluding hydrogens is 346 g/mol. The lowest BCUT2D eigenvalue weighted by Gasteiger charge is -2.32. The molecule has 4 nitrogen and oxygen atoms in total. The Balaban J connectivity index is 1.40. The fourth-order valence-corrected chi connectivity index (χ4v) is 5.13. The zero-order valence-electron chi connectivity index (χ0n) is 16.7. The van der Waals surface area contributed by atoms with E-state index in [0.29, 0.717) is 12.0 Å². The second-order valence-corrected chi connectivity index (χ2v) is 8.71. The van der Waals surface area contributed by atoms with Crippen LogP contribution in [0.3, 0.4) is 0 Å². The van der Waals surface area contributed by atoms with Crippen LogP contribution in [-0.2, 0) is 0 Å². The lowest BCUT2D eigenvalue weighted by atomic mass is 9.96. The van der Waals surface area contributed by atoms with Gasteiger partial charge in [-0.3, -0.25) is 4.79 Å². The van der Waals surface area contributed by atoms with Gasteiger partial charge in [-0.15, -0.1) is 0 Å². The van der Waals surface area contributed by atoms with Crippen LogP contribution in [0.15, 0.2) is 42.5 Å². The maximum absolute atomic E-state index is 13.2. The first kappa shape index (κ1) is 17.9. The monoisotopic (exact) mass is 375 g/mol. The van der Waals surface area contributed by atoms with Crippen molar-refractivity contribution in [3.63, 3.8) is 0 Å². The molecule has 4 heteroatoms. The molecule has 4 heterocycles. The number of nitrogens with zero attached hydrogens (tertiary/aromatic N) is 2. The Kier molecular flexibility index (Phi) is 4.69. The molecule has 4 aliphatic rings. The molecule has 2 bridgehead atoms. The third-order valence-corrected chi connectivity index (χ3v) is 6.80. The van der Waals surface area contributed by atoms with Crippen molar-refractivity contribution in [3.8, 4) is 0 Å². The summed E-state index contributed by atoms with van der Waals surface area (Å²) in [5.74, 6) is 0.813. The molecule has 2 atom stereocenters. The van der Waals surface area contributed by atoms with E-state index in [9.17, 15) is 4.79 Å². The van der Waals surface area contributed by atoms with E-state index in [1.165, 1.54) is 29.4 Å². The standard InChI is InChI=1S/C24H29N3O/c1-26-14-17-2-7-23(26)16-27(15-17)24(28)22-6-5-20-12-19(3-4-21(20)13-22)18-8-10-25-11-9-18/h3-6,8,12-13,17,23,25H,2,7,9-11,14-16H2,1H3/t17-,23-/m0/s1. The molecule has 0 spiro atoms. The Bertz CT molecular complexity index is 935. The summed E-state index contributed by atoms with van der Waals surface area (Å²) in [6.45, 7) is 4.89. The van der Waals surface area contributed by atoms with Crippen molar-refractivity contribution >= 4 is 22.3 Å². The van der Waals surface area contributed by atoms with Gasteiger partial charge in [-0.25, -0.2) is 0 Å². The number of rotatable bonds is 2. The van der Waals surface area contributed by atoms with Crippen LogP contribution >= 0.6 is 0 Å². The van der Waals surface area contributed by atoms with E-state index in [4.69, 9.17) is 0 Å². The Labute approximate surface area is 167 Å². The fourth-order valence-electron chi connectivity index (χ4n) is 5.13. The van der Waals surface area contributed by atoms with Gasteiger partial charge >= 0.3 is 0 Å². The van der Waals surface area contributed by atoms with Gasteiger partial charge in [0.2, 0.25) is 0 Å². The highest BCUT2D eigenvalue weighted by atomic mass is 16.2. The molecular formula is C24H29N3O. The topological polar surface area (TPSA) is 35.6 Å². The molecule has 6 rings (SSSR count). The predicted molar refractivity (Wildman–Crippen MR) is 114 cm³/mol. The molecule has 0 aliphatic carbocycles. The molecule has 0 radical (unpaired) electrons. The molecule has 3 saturated heterocycles. The van der Waals surface area contributed by atoms with Crippen molar-refractivity contribution in [3.05, 3.63) is 53.6 Å². The van der Waals surface area contributed by atoms with Crippen molar-refractivity contribution in [2.75, 3.05) is 39.8 Å². The zero-order chi connectivity index (χ0) is 19.1. The first-order valence-electron chi connectivity index (χ1n) is 10.6. The molecule has 1 N–H and O–H groups in total. The highest BCUT2D eigenvalue weighted by Crippen LogP contribution is 2.29. The Morgan fingerprint density at radius 3 is 2.71 bits per heavy atom. The SMILES string of the molecule is CN1C[C@@H]2CC[C@H]1CN(C(=O)c1ccc3cc(C4=CCNCC4)ccc3c1)C2. The molecule has 0 unspecified atom stereocenters. The largest absolute Gasteiger partial charge is 0.337 e. The third kappa shape index (κ3) is 3.36. The summed E-state index contributed by atoms with van der Waals surface area (Å²) >= 11 is 0. The van der Waals surface area contributed by atoms with Gasteiger partial charge in [-0.2, -0.15) is 0 Å². The van der Waals surface area contributed by atoms with E-state index >= 15 is 0 Å². The Morgan fingerprint density at radius 2 is 1.89 bits per heavy atom. The minimum absolute atomic E-state index is 0.194. The van der Waals surface area contributed by atoms with Crippen LogP contribution in [0.1, 0.15) is 35.2 Å². The molecule has 2 aromatic carbocycles. The van der Waals surface area contributed by atoms with Gasteiger partial charge in [-0.1, -0.05) is 24.3 Å². The average molecular weight is 376 g/mol. The molecule has 0 aromatic heterocycles. The van der Waals surface area contributed by atoms with Crippen molar-refractivity contribution in [1.29, 1.82) is 0 Å². The van der Waals surface area contributed by atoms with Gasteiger partial charge in [0.1, 0.15) is 0 Å². The first-order chi connectivity index (χ1) is 13.7. The second kappa shape index (κ2) is 7.34. The summed E-state index contributed by atoms with van der Waals surface area (Å²) in [6, 6.07) is 13.4. The number of benzene rings is 2. The first-order valence-corrected chi connectivity index (χ1v) is 10.6. The molecule has 3 fully saturated rings. The second-order valence-electron chi connectivity index (χ2n) is 8.71. The van der Waals surface area contributed by atoms with Crippen LogP contribution < -0.4 is 5.32 Å². The number of piperidine rings is 1. The van der Waals surface area contributed by atoms with E-state index < -0.39 is 0 Å². The fraction of sp³-hybridized carbons (Fsp3) is 0.458. The maximum Gasteiger partial charge on any atom is 0.253 e. The molecule has 2 aromatic rings. The minimum atomic E-state index is 0.194. The van der Waals surface area contributed by atoms with Crippen LogP contribution in [0.4, 0.5) is 0 Å². The van der Waals surface area contributed by atoms with Crippen LogP contribution in [-0.4, -0.2) is 61.5 Å². The number of carbonyl (C=O) groups is 1. The van der Waals surface area contributed by atoms with Gasteiger partial charge in [0.05, 0.1) is 0 Å². The number of likely N-dealkylation sites (N-methyl/N-ethyl adjacent to an activating group) is 1. The predicted octanol–water partition coefficient (Wildman–Crippen LogP) is 3.38. The summed E-state index contributed by atoms with van der Waals surface area (Å²) in [6.07, 6.45) is 5.84. The van der Waals surface area contributed by atoms with E-state index in [2.05, 4.69) is 58.6 Å². The third-order valence-electron chi connectivity index (χ3n) is 6.80. The van der Waals surface area contributed by atoms with Crippen molar-refractivity contribution in [2.24, 2.45) is 5.92 Å². The van der Waals surface area contributed by atoms with E-state index in [-0.39, 0.29) is 5.91 Å². The van der Waals surface area contributed by atoms with E-state index in [1.54, 1.807) is 0 Å². The number of nitrogens with one attached hydrogen (secondary N) is 1. The van der Waals surface area contributed by atoms with Crippen LogP contribution in [0, 0.1) is 5.92 Å². The highest BCUT2D eigenvalue weighted by Gasteiger charge is 2.34. The summed E-state index contributed by atoms with van der Waals surface area (Å²) in [5, 5.41) is 5.73. The average Bonchev–Trinajstić information content (AvgIpc) is 3.04. The van der Waals surface area contributed by atoms with E-state index in [0.717, 1.165) is 50.1 Å². The smallest absolute Gasteiger partial charge is 0.253 e. The highest BCUT2D eigenvalue weighted by molar-refractivity contribution is 5.99. The number of hydrogen-bond acceptors (Lipinski definition) is 3. The van der Waals surface area contributed by atoms with Crippen LogP contribution in [0.25, 0.3) is 16.3 Å². The molecule has 4 aliphatic heterocycles. The van der Waals surface area contributed by atoms with Crippen molar-refractivity contribution < 1.29 is 4.79 Å². The van der Waals surface area contributed by atoms with Gasteiger partial charge in [0, 0.05) is 37.8 Å². The van der Waals surface area contributed by atoms with E-state index in [1.807, 2.05) is 6.07 Å². The van der Waals surface area contributed by atoms with Gasteiger partial charge < -0.3 is 15.1 Å². The van der Waals surface area contributed by atoms with Gasteiger partial charge in [0.25, 0.3) is 5.91 Å². The molecule has 28 heavy (non-hydrogen) atoms. The van der Waals surface area contributed by atoms with Crippen molar-refractivity contribution in [1.82, 2.24) is 15.1 Å². The number of hydrogen-bond donors (Lipinski definition) is 1. The molecule has 146 valence electrons. The van der Waals surface area contributed by atoms with Gasteiger partial charge in [0.15, 0.2) is 0 Å². The summed E-state index contributed by atoms with van der Waals surface area (Å²) < 4.78 is 0.